The summed E-state index contributed by atoms with van der Waals surface area (Å²) >= 11 is 6.18. The van der Waals surface area contributed by atoms with Crippen LogP contribution in [0.2, 0.25) is 5.02 Å². The highest BCUT2D eigenvalue weighted by Crippen LogP contribution is 2.37. The van der Waals surface area contributed by atoms with Gasteiger partial charge in [0.15, 0.2) is 0 Å². The number of halogens is 1. The van der Waals surface area contributed by atoms with Crippen LogP contribution in [0.3, 0.4) is 0 Å². The molecule has 2 aliphatic rings. The van der Waals surface area contributed by atoms with E-state index >= 15 is 0 Å². The third-order valence-corrected chi connectivity index (χ3v) is 4.91. The van der Waals surface area contributed by atoms with Crippen LogP contribution in [-0.4, -0.2) is 30.7 Å². The maximum Gasteiger partial charge on any atom is 0.253 e. The van der Waals surface area contributed by atoms with Crippen LogP contribution in [0, 0.1) is 12.8 Å². The fourth-order valence-corrected chi connectivity index (χ4v) is 3.39. The lowest BCUT2D eigenvalue weighted by Crippen LogP contribution is -2.72. The van der Waals surface area contributed by atoms with Crippen molar-refractivity contribution in [2.45, 2.75) is 38.0 Å². The summed E-state index contributed by atoms with van der Waals surface area (Å²) in [5, 5.41) is 3.48. The Morgan fingerprint density at radius 1 is 1.50 bits per heavy atom. The molecular weight excluding hydrogens is 276 g/mol. The van der Waals surface area contributed by atoms with Crippen molar-refractivity contribution in [3.8, 4) is 0 Å². The number of carbonyl (C=O) groups is 1. The lowest BCUT2D eigenvalue weighted by molar-refractivity contribution is -0.117. The number of rotatable bonds is 2. The summed E-state index contributed by atoms with van der Waals surface area (Å²) in [4.78, 5) is 12.3. The highest BCUT2D eigenvalue weighted by molar-refractivity contribution is 6.34. The molecule has 3 rings (SSSR count). The van der Waals surface area contributed by atoms with Gasteiger partial charge in [0.1, 0.15) is 0 Å². The van der Waals surface area contributed by atoms with Crippen molar-refractivity contribution in [2.75, 3.05) is 6.61 Å². The number of fused-ring (bicyclic) bond motifs is 1. The summed E-state index contributed by atoms with van der Waals surface area (Å²) in [6.45, 7) is 2.64. The first kappa shape index (κ1) is 13.9. The van der Waals surface area contributed by atoms with Gasteiger partial charge in [0.05, 0.1) is 22.7 Å². The molecule has 1 aromatic carbocycles. The molecule has 108 valence electrons. The van der Waals surface area contributed by atoms with Crippen molar-refractivity contribution >= 4 is 17.5 Å². The maximum absolute atomic E-state index is 12.3. The molecule has 5 heteroatoms. The molecule has 3 N–H and O–H groups in total. The van der Waals surface area contributed by atoms with Gasteiger partial charge in [-0.15, -0.1) is 0 Å². The molecule has 0 radical (unpaired) electrons. The molecular formula is C15H19ClN2O2. The Labute approximate surface area is 123 Å². The molecule has 4 atom stereocenters. The quantitative estimate of drug-likeness (QED) is 0.875. The largest absolute Gasteiger partial charge is 0.376 e. The van der Waals surface area contributed by atoms with Crippen LogP contribution in [0.25, 0.3) is 0 Å². The zero-order valence-electron chi connectivity index (χ0n) is 11.4. The van der Waals surface area contributed by atoms with E-state index < -0.39 is 0 Å². The van der Waals surface area contributed by atoms with Crippen molar-refractivity contribution in [1.29, 1.82) is 0 Å². The molecule has 4 unspecified atom stereocenters. The molecule has 1 heterocycles. The van der Waals surface area contributed by atoms with Crippen molar-refractivity contribution in [3.63, 3.8) is 0 Å². The molecule has 0 aromatic heterocycles. The van der Waals surface area contributed by atoms with Crippen LogP contribution >= 0.6 is 11.6 Å². The number of hydrogen-bond donors (Lipinski definition) is 2. The highest BCUT2D eigenvalue weighted by Gasteiger charge is 2.51. The van der Waals surface area contributed by atoms with Crippen LogP contribution in [0.1, 0.15) is 28.8 Å². The summed E-state index contributed by atoms with van der Waals surface area (Å²) in [7, 11) is 0. The monoisotopic (exact) mass is 294 g/mol. The number of nitrogens with one attached hydrogen (secondary N) is 1. The van der Waals surface area contributed by atoms with E-state index in [9.17, 15) is 4.79 Å². The summed E-state index contributed by atoms with van der Waals surface area (Å²) in [5.41, 5.74) is 7.53. The molecule has 4 nitrogen and oxygen atoms in total. The Morgan fingerprint density at radius 2 is 2.30 bits per heavy atom. The summed E-state index contributed by atoms with van der Waals surface area (Å²) < 4.78 is 5.72. The van der Waals surface area contributed by atoms with Gasteiger partial charge in [-0.25, -0.2) is 0 Å². The van der Waals surface area contributed by atoms with Gasteiger partial charge in [0.25, 0.3) is 5.91 Å². The third-order valence-electron chi connectivity index (χ3n) is 4.41. The number of aryl methyl sites for hydroxylation is 1. The highest BCUT2D eigenvalue weighted by atomic mass is 35.5. The Hall–Kier alpha value is -1.10. The molecule has 0 bridgehead atoms. The van der Waals surface area contributed by atoms with Gasteiger partial charge >= 0.3 is 0 Å². The number of benzene rings is 1. The summed E-state index contributed by atoms with van der Waals surface area (Å²) in [5.74, 6) is 0.203. The van der Waals surface area contributed by atoms with E-state index in [1.54, 1.807) is 6.07 Å². The fraction of sp³-hybridized carbons (Fsp3) is 0.533. The van der Waals surface area contributed by atoms with Gasteiger partial charge in [-0.2, -0.15) is 0 Å². The minimum Gasteiger partial charge on any atom is -0.376 e. The van der Waals surface area contributed by atoms with Crippen molar-refractivity contribution in [1.82, 2.24) is 5.32 Å². The second-order valence-electron chi connectivity index (χ2n) is 5.65. The number of ether oxygens (including phenoxy) is 1. The Kier molecular flexibility index (Phi) is 3.71. The van der Waals surface area contributed by atoms with Crippen LogP contribution in [-0.2, 0) is 4.74 Å². The van der Waals surface area contributed by atoms with Gasteiger partial charge in [0, 0.05) is 18.6 Å². The SMILES string of the molecule is Cc1cccc(C(=O)NC2C(N)C3CCCOC32)c1Cl. The number of carbonyl (C=O) groups excluding carboxylic acids is 1. The molecule has 0 spiro atoms. The summed E-state index contributed by atoms with van der Waals surface area (Å²) in [6.07, 6.45) is 2.20. The molecule has 1 amide bonds. The molecule has 1 saturated heterocycles. The van der Waals surface area contributed by atoms with Crippen LogP contribution in [0.5, 0.6) is 0 Å². The van der Waals surface area contributed by atoms with E-state index in [0.717, 1.165) is 25.0 Å². The fourth-order valence-electron chi connectivity index (χ4n) is 3.18. The van der Waals surface area contributed by atoms with Gasteiger partial charge < -0.3 is 15.8 Å². The Morgan fingerprint density at radius 3 is 3.10 bits per heavy atom. The van der Waals surface area contributed by atoms with Crippen molar-refractivity contribution in [2.24, 2.45) is 11.7 Å². The van der Waals surface area contributed by atoms with E-state index in [2.05, 4.69) is 5.32 Å². The number of nitrogens with two attached hydrogens (primary N) is 1. The van der Waals surface area contributed by atoms with E-state index in [-0.39, 0.29) is 24.1 Å². The first-order valence-corrected chi connectivity index (χ1v) is 7.40. The second-order valence-corrected chi connectivity index (χ2v) is 6.03. The minimum atomic E-state index is -0.174. The summed E-state index contributed by atoms with van der Waals surface area (Å²) in [6, 6.07) is 5.32. The van der Waals surface area contributed by atoms with E-state index in [1.165, 1.54) is 0 Å². The Bertz CT molecular complexity index is 535. The zero-order chi connectivity index (χ0) is 14.3. The predicted molar refractivity (Wildman–Crippen MR) is 77.9 cm³/mol. The number of hydrogen-bond acceptors (Lipinski definition) is 3. The standard InChI is InChI=1S/C15H19ClN2O2/c1-8-4-2-5-9(11(8)16)15(19)18-13-12(17)10-6-3-7-20-14(10)13/h2,4-5,10,12-14H,3,6-7,17H2,1H3,(H,18,19). The molecule has 1 aliphatic carbocycles. The van der Waals surface area contributed by atoms with E-state index in [4.69, 9.17) is 22.1 Å². The minimum absolute atomic E-state index is 0.0205. The van der Waals surface area contributed by atoms with Gasteiger partial charge in [-0.05, 0) is 31.4 Å². The molecule has 1 aliphatic heterocycles. The second kappa shape index (κ2) is 5.35. The lowest BCUT2D eigenvalue weighted by atomic mass is 9.68. The Balaban J connectivity index is 1.72. The predicted octanol–water partition coefficient (Wildman–Crippen LogP) is 1.88. The zero-order valence-corrected chi connectivity index (χ0v) is 12.2. The average Bonchev–Trinajstić information content (AvgIpc) is 2.47. The third kappa shape index (κ3) is 2.22. The normalized spacial score (nSPS) is 32.1. The average molecular weight is 295 g/mol. The smallest absolute Gasteiger partial charge is 0.253 e. The lowest BCUT2D eigenvalue weighted by Gasteiger charge is -2.52. The van der Waals surface area contributed by atoms with E-state index in [0.29, 0.717) is 16.5 Å². The van der Waals surface area contributed by atoms with Gasteiger partial charge in [-0.3, -0.25) is 4.79 Å². The van der Waals surface area contributed by atoms with Gasteiger partial charge in [0.2, 0.25) is 0 Å². The first-order valence-electron chi connectivity index (χ1n) is 7.03. The molecule has 1 saturated carbocycles. The van der Waals surface area contributed by atoms with Crippen molar-refractivity contribution in [3.05, 3.63) is 34.3 Å². The van der Waals surface area contributed by atoms with Gasteiger partial charge in [-0.1, -0.05) is 23.7 Å². The first-order chi connectivity index (χ1) is 9.59. The van der Waals surface area contributed by atoms with Crippen molar-refractivity contribution < 1.29 is 9.53 Å². The van der Waals surface area contributed by atoms with E-state index in [1.807, 2.05) is 19.1 Å². The number of amides is 1. The van der Waals surface area contributed by atoms with Crippen LogP contribution in [0.15, 0.2) is 18.2 Å². The topological polar surface area (TPSA) is 64.4 Å². The molecule has 1 aromatic rings. The van der Waals surface area contributed by atoms with Crippen LogP contribution in [0.4, 0.5) is 0 Å². The molecule has 2 fully saturated rings. The maximum atomic E-state index is 12.3. The van der Waals surface area contributed by atoms with Crippen LogP contribution < -0.4 is 11.1 Å². The molecule has 20 heavy (non-hydrogen) atoms.